The van der Waals surface area contributed by atoms with Gasteiger partial charge >= 0.3 is 0 Å². The minimum atomic E-state index is -0.0330. The number of H-pyrrole nitrogens is 1. The summed E-state index contributed by atoms with van der Waals surface area (Å²) in [5.41, 5.74) is 2.46. The van der Waals surface area contributed by atoms with Crippen LogP contribution in [0, 0.1) is 0 Å². The van der Waals surface area contributed by atoms with Crippen LogP contribution in [0.1, 0.15) is 10.5 Å². The molecule has 1 aliphatic heterocycles. The van der Waals surface area contributed by atoms with E-state index in [2.05, 4.69) is 20.6 Å². The number of benzene rings is 1. The lowest BCUT2D eigenvalue weighted by Crippen LogP contribution is -2.35. The first kappa shape index (κ1) is 8.74. The Morgan fingerprint density at radius 3 is 3.18 bits per heavy atom. The Balaban J connectivity index is 2.20. The van der Waals surface area contributed by atoms with Gasteiger partial charge in [-0.15, -0.1) is 0 Å². The van der Waals surface area contributed by atoms with Gasteiger partial charge in [-0.25, -0.2) is 0 Å². The van der Waals surface area contributed by atoms with Crippen LogP contribution in [0.25, 0.3) is 21.8 Å². The van der Waals surface area contributed by atoms with Gasteiger partial charge in [-0.05, 0) is 12.1 Å². The number of carbonyl (C=O) groups excluding carboxylic acids is 1. The number of nitrogens with one attached hydrogen (secondary N) is 2. The van der Waals surface area contributed by atoms with Crippen LogP contribution in [0.3, 0.4) is 0 Å². The summed E-state index contributed by atoms with van der Waals surface area (Å²) in [4.78, 5) is 11.9. The van der Waals surface area contributed by atoms with Gasteiger partial charge in [0.1, 0.15) is 5.69 Å². The lowest BCUT2D eigenvalue weighted by molar-refractivity contribution is 0.0926. The molecule has 1 aliphatic rings. The van der Waals surface area contributed by atoms with Crippen LogP contribution in [0.4, 0.5) is 0 Å². The second-order valence-electron chi connectivity index (χ2n) is 4.13. The standard InChI is InChI=1S/C11H9N5O/c17-11-10-6-1-2-8-7(5-13-14-8)9(6)15-16(10)4-3-12-11/h1-2,5,15H,3-4H2,(H,12,17). The Morgan fingerprint density at radius 1 is 1.29 bits per heavy atom. The van der Waals surface area contributed by atoms with E-state index in [1.807, 2.05) is 16.8 Å². The van der Waals surface area contributed by atoms with E-state index in [9.17, 15) is 4.79 Å². The highest BCUT2D eigenvalue weighted by Crippen LogP contribution is 2.26. The second kappa shape index (κ2) is 2.85. The predicted molar refractivity (Wildman–Crippen MR) is 61.7 cm³/mol. The van der Waals surface area contributed by atoms with Crippen LogP contribution in [0.2, 0.25) is 0 Å². The summed E-state index contributed by atoms with van der Waals surface area (Å²) >= 11 is 0. The third-order valence-corrected chi connectivity index (χ3v) is 3.18. The summed E-state index contributed by atoms with van der Waals surface area (Å²) in [5, 5.41) is 15.9. The van der Waals surface area contributed by atoms with Gasteiger partial charge in [0.15, 0.2) is 0 Å². The fourth-order valence-corrected chi connectivity index (χ4v) is 2.41. The molecule has 0 fully saturated rings. The number of amides is 1. The van der Waals surface area contributed by atoms with Crippen molar-refractivity contribution >= 4 is 27.7 Å². The molecule has 2 aromatic heterocycles. The highest BCUT2D eigenvalue weighted by Gasteiger charge is 2.21. The van der Waals surface area contributed by atoms with Gasteiger partial charge in [0, 0.05) is 17.3 Å². The summed E-state index contributed by atoms with van der Waals surface area (Å²) in [7, 11) is 0. The molecule has 6 nitrogen and oxygen atoms in total. The zero-order chi connectivity index (χ0) is 11.4. The molecule has 0 unspecified atom stereocenters. The van der Waals surface area contributed by atoms with Crippen molar-refractivity contribution in [3.05, 3.63) is 24.0 Å². The monoisotopic (exact) mass is 227 g/mol. The van der Waals surface area contributed by atoms with E-state index < -0.39 is 0 Å². The van der Waals surface area contributed by atoms with Gasteiger partial charge in [0.25, 0.3) is 5.91 Å². The van der Waals surface area contributed by atoms with E-state index in [0.29, 0.717) is 12.2 Å². The lowest BCUT2D eigenvalue weighted by atomic mass is 10.1. The number of hydrogen-bond acceptors (Lipinski definition) is 3. The van der Waals surface area contributed by atoms with Crippen LogP contribution in [-0.2, 0) is 6.54 Å². The van der Waals surface area contributed by atoms with Crippen LogP contribution < -0.4 is 5.32 Å². The first-order valence-electron chi connectivity index (χ1n) is 5.45. The molecule has 84 valence electrons. The van der Waals surface area contributed by atoms with Crippen molar-refractivity contribution in [2.75, 3.05) is 6.54 Å². The molecule has 0 saturated heterocycles. The molecular weight excluding hydrogens is 218 g/mol. The molecule has 1 amide bonds. The molecule has 3 aromatic rings. The number of nitrogens with zero attached hydrogens (tertiary/aromatic N) is 3. The third-order valence-electron chi connectivity index (χ3n) is 3.18. The number of hydrogen-bond donors (Lipinski definition) is 2. The Bertz CT molecular complexity index is 754. The number of aromatic nitrogens is 4. The number of carbonyl (C=O) groups is 1. The van der Waals surface area contributed by atoms with Crippen molar-refractivity contribution in [3.8, 4) is 0 Å². The largest absolute Gasteiger partial charge is 0.349 e. The number of aromatic amines is 1. The normalized spacial score (nSPS) is 15.2. The van der Waals surface area contributed by atoms with E-state index >= 15 is 0 Å². The number of fused-ring (bicyclic) bond motifs is 5. The summed E-state index contributed by atoms with van der Waals surface area (Å²) in [6.45, 7) is 1.42. The van der Waals surface area contributed by atoms with Crippen molar-refractivity contribution in [1.82, 2.24) is 25.3 Å². The van der Waals surface area contributed by atoms with Crippen molar-refractivity contribution in [3.63, 3.8) is 0 Å². The first-order valence-corrected chi connectivity index (χ1v) is 5.45. The molecule has 3 heterocycles. The van der Waals surface area contributed by atoms with Crippen molar-refractivity contribution in [2.45, 2.75) is 6.54 Å². The average Bonchev–Trinajstić information content (AvgIpc) is 2.91. The minimum absolute atomic E-state index is 0.0330. The van der Waals surface area contributed by atoms with E-state index in [-0.39, 0.29) is 5.91 Å². The van der Waals surface area contributed by atoms with Crippen molar-refractivity contribution < 1.29 is 4.79 Å². The van der Waals surface area contributed by atoms with E-state index in [1.165, 1.54) is 0 Å². The Morgan fingerprint density at radius 2 is 2.24 bits per heavy atom. The molecule has 4 rings (SSSR count). The van der Waals surface area contributed by atoms with E-state index in [1.54, 1.807) is 6.20 Å². The van der Waals surface area contributed by atoms with Crippen LogP contribution in [0.5, 0.6) is 0 Å². The fraction of sp³-hybridized carbons (Fsp3) is 0.182. The maximum Gasteiger partial charge on any atom is 0.270 e. The van der Waals surface area contributed by atoms with Gasteiger partial charge in [-0.3, -0.25) is 14.6 Å². The molecule has 0 saturated carbocycles. The van der Waals surface area contributed by atoms with Gasteiger partial charge in [0.05, 0.1) is 23.8 Å². The van der Waals surface area contributed by atoms with Gasteiger partial charge in [-0.1, -0.05) is 0 Å². The SMILES string of the molecule is O=C1NCCn2[nH]c3c(ccc4nncc43)c21. The summed E-state index contributed by atoms with van der Waals surface area (Å²) < 4.78 is 1.88. The third kappa shape index (κ3) is 1.01. The smallest absolute Gasteiger partial charge is 0.270 e. The Labute approximate surface area is 95.6 Å². The molecule has 17 heavy (non-hydrogen) atoms. The van der Waals surface area contributed by atoms with Crippen LogP contribution >= 0.6 is 0 Å². The minimum Gasteiger partial charge on any atom is -0.349 e. The topological polar surface area (TPSA) is 75.6 Å². The summed E-state index contributed by atoms with van der Waals surface area (Å²) in [6.07, 6.45) is 1.72. The molecule has 0 radical (unpaired) electrons. The first-order chi connectivity index (χ1) is 8.34. The van der Waals surface area contributed by atoms with Gasteiger partial charge in [-0.2, -0.15) is 10.2 Å². The predicted octanol–water partition coefficient (Wildman–Crippen LogP) is 0.656. The maximum absolute atomic E-state index is 11.9. The molecular formula is C11H9N5O. The average molecular weight is 227 g/mol. The molecule has 1 aromatic carbocycles. The fourth-order valence-electron chi connectivity index (χ4n) is 2.41. The van der Waals surface area contributed by atoms with Gasteiger partial charge in [0.2, 0.25) is 0 Å². The van der Waals surface area contributed by atoms with Crippen LogP contribution in [-0.4, -0.2) is 32.4 Å². The van der Waals surface area contributed by atoms with E-state index in [4.69, 9.17) is 0 Å². The van der Waals surface area contributed by atoms with E-state index in [0.717, 1.165) is 28.4 Å². The zero-order valence-electron chi connectivity index (χ0n) is 8.90. The Kier molecular flexibility index (Phi) is 1.46. The van der Waals surface area contributed by atoms with Crippen molar-refractivity contribution in [1.29, 1.82) is 0 Å². The molecule has 2 N–H and O–H groups in total. The molecule has 0 bridgehead atoms. The highest BCUT2D eigenvalue weighted by molar-refractivity contribution is 6.12. The lowest BCUT2D eigenvalue weighted by Gasteiger charge is -2.14. The molecule has 0 aliphatic carbocycles. The van der Waals surface area contributed by atoms with Gasteiger partial charge < -0.3 is 5.32 Å². The molecule has 0 spiro atoms. The molecule has 6 heteroatoms. The maximum atomic E-state index is 11.9. The number of rotatable bonds is 0. The quantitative estimate of drug-likeness (QED) is 0.592. The zero-order valence-corrected chi connectivity index (χ0v) is 8.90. The van der Waals surface area contributed by atoms with Crippen molar-refractivity contribution in [2.24, 2.45) is 0 Å². The summed E-state index contributed by atoms with van der Waals surface area (Å²) in [6, 6.07) is 3.81. The highest BCUT2D eigenvalue weighted by atomic mass is 16.2. The van der Waals surface area contributed by atoms with Crippen LogP contribution in [0.15, 0.2) is 18.3 Å². The second-order valence-corrected chi connectivity index (χ2v) is 4.13. The Hall–Kier alpha value is -2.37. The molecule has 0 atom stereocenters. The summed E-state index contributed by atoms with van der Waals surface area (Å²) in [5.74, 6) is -0.0330.